The number of para-hydroxylation sites is 1. The second-order valence-electron chi connectivity index (χ2n) is 4.72. The molecule has 2 aromatic carbocycles. The molecule has 3 nitrogen and oxygen atoms in total. The van der Waals surface area contributed by atoms with E-state index in [1.807, 2.05) is 49.2 Å². The van der Waals surface area contributed by atoms with Crippen molar-refractivity contribution in [1.29, 1.82) is 0 Å². The Morgan fingerprint density at radius 2 is 1.90 bits per heavy atom. The van der Waals surface area contributed by atoms with Crippen LogP contribution in [0.15, 0.2) is 46.9 Å². The van der Waals surface area contributed by atoms with E-state index in [4.69, 9.17) is 0 Å². The molecule has 1 N–H and O–H groups in total. The molecule has 0 aliphatic rings. The Hall–Kier alpha value is -1.81. The summed E-state index contributed by atoms with van der Waals surface area (Å²) in [5.74, 6) is -0.900. The van der Waals surface area contributed by atoms with Gasteiger partial charge in [0.2, 0.25) is 0 Å². The van der Waals surface area contributed by atoms with E-state index in [2.05, 4.69) is 15.9 Å². The summed E-state index contributed by atoms with van der Waals surface area (Å²) in [7, 11) is 1.91. The number of aromatic carboxylic acids is 1. The zero-order valence-electron chi connectivity index (χ0n) is 11.4. The molecule has 0 heterocycles. The molecule has 0 unspecified atom stereocenters. The van der Waals surface area contributed by atoms with Crippen LogP contribution in [0.3, 0.4) is 0 Å². The van der Waals surface area contributed by atoms with Crippen molar-refractivity contribution in [2.45, 2.75) is 13.5 Å². The number of rotatable bonds is 4. The first-order valence-electron chi connectivity index (χ1n) is 6.28. The van der Waals surface area contributed by atoms with Crippen molar-refractivity contribution >= 4 is 27.6 Å². The van der Waals surface area contributed by atoms with Crippen LogP contribution in [0.25, 0.3) is 0 Å². The number of nitrogens with zero attached hydrogens (tertiary/aromatic N) is 1. The van der Waals surface area contributed by atoms with Gasteiger partial charge in [0.25, 0.3) is 0 Å². The monoisotopic (exact) mass is 333 g/mol. The number of halogens is 1. The second kappa shape index (κ2) is 6.09. The third kappa shape index (κ3) is 3.02. The first-order chi connectivity index (χ1) is 9.50. The number of carboxylic acid groups (broad SMARTS) is 1. The maximum atomic E-state index is 11.4. The minimum absolute atomic E-state index is 0.333. The minimum Gasteiger partial charge on any atom is -0.478 e. The molecule has 0 spiro atoms. The van der Waals surface area contributed by atoms with Crippen LogP contribution in [-0.2, 0) is 6.54 Å². The van der Waals surface area contributed by atoms with Crippen LogP contribution in [0.2, 0.25) is 0 Å². The first-order valence-corrected chi connectivity index (χ1v) is 7.07. The van der Waals surface area contributed by atoms with Gasteiger partial charge >= 0.3 is 5.97 Å². The summed E-state index contributed by atoms with van der Waals surface area (Å²) < 4.78 is 1.03. The Labute approximate surface area is 127 Å². The topological polar surface area (TPSA) is 40.5 Å². The number of carboxylic acids is 1. The predicted octanol–water partition coefficient (Wildman–Crippen LogP) is 4.09. The number of aryl methyl sites for hydroxylation is 1. The molecule has 0 saturated heterocycles. The van der Waals surface area contributed by atoms with Gasteiger partial charge in [-0.15, -0.1) is 0 Å². The van der Waals surface area contributed by atoms with Gasteiger partial charge in [0.1, 0.15) is 0 Å². The highest BCUT2D eigenvalue weighted by Gasteiger charge is 2.16. The summed E-state index contributed by atoms with van der Waals surface area (Å²) in [4.78, 5) is 13.3. The Balaban J connectivity index is 2.37. The zero-order chi connectivity index (χ0) is 14.7. The Kier molecular flexibility index (Phi) is 4.45. The van der Waals surface area contributed by atoms with Crippen LogP contribution < -0.4 is 4.90 Å². The fourth-order valence-corrected chi connectivity index (χ4v) is 2.71. The van der Waals surface area contributed by atoms with Crippen molar-refractivity contribution in [3.05, 3.63) is 63.6 Å². The van der Waals surface area contributed by atoms with Crippen molar-refractivity contribution in [3.63, 3.8) is 0 Å². The number of anilines is 1. The van der Waals surface area contributed by atoms with Gasteiger partial charge < -0.3 is 10.0 Å². The summed E-state index contributed by atoms with van der Waals surface area (Å²) in [6.07, 6.45) is 0. The third-order valence-corrected chi connectivity index (χ3v) is 3.99. The standard InChI is InChI=1S/C16H16BrNO2/c1-11-6-5-8-13(16(19)20)15(11)18(2)10-12-7-3-4-9-14(12)17/h3-9H,10H2,1-2H3,(H,19,20). The molecule has 0 saturated carbocycles. The predicted molar refractivity (Wildman–Crippen MR) is 84.4 cm³/mol. The van der Waals surface area contributed by atoms with Crippen molar-refractivity contribution in [2.24, 2.45) is 0 Å². The fourth-order valence-electron chi connectivity index (χ4n) is 2.30. The van der Waals surface area contributed by atoms with E-state index in [9.17, 15) is 9.90 Å². The van der Waals surface area contributed by atoms with Crippen molar-refractivity contribution < 1.29 is 9.90 Å². The first kappa shape index (κ1) is 14.6. The molecule has 0 aromatic heterocycles. The van der Waals surface area contributed by atoms with E-state index in [0.717, 1.165) is 21.3 Å². The highest BCUT2D eigenvalue weighted by molar-refractivity contribution is 9.10. The fraction of sp³-hybridized carbons (Fsp3) is 0.188. The third-order valence-electron chi connectivity index (χ3n) is 3.22. The molecular weight excluding hydrogens is 318 g/mol. The molecule has 0 fully saturated rings. The summed E-state index contributed by atoms with van der Waals surface area (Å²) in [6.45, 7) is 2.57. The molecule has 0 atom stereocenters. The lowest BCUT2D eigenvalue weighted by Gasteiger charge is -2.24. The van der Waals surface area contributed by atoms with Crippen LogP contribution in [0.1, 0.15) is 21.5 Å². The molecule has 0 aliphatic heterocycles. The lowest BCUT2D eigenvalue weighted by Crippen LogP contribution is -2.20. The molecular formula is C16H16BrNO2. The summed E-state index contributed by atoms with van der Waals surface area (Å²) in [6, 6.07) is 13.3. The largest absolute Gasteiger partial charge is 0.478 e. The van der Waals surface area contributed by atoms with E-state index >= 15 is 0 Å². The van der Waals surface area contributed by atoms with Crippen LogP contribution in [0.5, 0.6) is 0 Å². The van der Waals surface area contributed by atoms with Gasteiger partial charge in [-0.05, 0) is 30.2 Å². The molecule has 2 rings (SSSR count). The molecule has 2 aromatic rings. The zero-order valence-corrected chi connectivity index (χ0v) is 13.0. The van der Waals surface area contributed by atoms with Crippen molar-refractivity contribution in [3.8, 4) is 0 Å². The van der Waals surface area contributed by atoms with Crippen LogP contribution in [0.4, 0.5) is 5.69 Å². The molecule has 0 amide bonds. The lowest BCUT2D eigenvalue weighted by molar-refractivity contribution is 0.0697. The van der Waals surface area contributed by atoms with Gasteiger partial charge in [0, 0.05) is 18.1 Å². The van der Waals surface area contributed by atoms with Crippen molar-refractivity contribution in [2.75, 3.05) is 11.9 Å². The highest BCUT2D eigenvalue weighted by atomic mass is 79.9. The van der Waals surface area contributed by atoms with Crippen LogP contribution in [0, 0.1) is 6.92 Å². The Bertz CT molecular complexity index is 640. The van der Waals surface area contributed by atoms with Gasteiger partial charge in [-0.3, -0.25) is 0 Å². The second-order valence-corrected chi connectivity index (χ2v) is 5.58. The maximum absolute atomic E-state index is 11.4. The highest BCUT2D eigenvalue weighted by Crippen LogP contribution is 2.27. The number of hydrogen-bond acceptors (Lipinski definition) is 2. The Morgan fingerprint density at radius 1 is 1.20 bits per heavy atom. The molecule has 0 radical (unpaired) electrons. The average molecular weight is 334 g/mol. The van der Waals surface area contributed by atoms with E-state index < -0.39 is 5.97 Å². The minimum atomic E-state index is -0.900. The van der Waals surface area contributed by atoms with Gasteiger partial charge in [-0.1, -0.05) is 46.3 Å². The Morgan fingerprint density at radius 3 is 2.55 bits per heavy atom. The van der Waals surface area contributed by atoms with E-state index in [1.54, 1.807) is 12.1 Å². The number of carbonyl (C=O) groups is 1. The summed E-state index contributed by atoms with van der Waals surface area (Å²) in [5, 5.41) is 9.32. The molecule has 4 heteroatoms. The normalized spacial score (nSPS) is 10.3. The van der Waals surface area contributed by atoms with E-state index in [0.29, 0.717) is 12.1 Å². The quantitative estimate of drug-likeness (QED) is 0.915. The smallest absolute Gasteiger partial charge is 0.337 e. The van der Waals surface area contributed by atoms with Gasteiger partial charge in [-0.25, -0.2) is 4.79 Å². The van der Waals surface area contributed by atoms with E-state index in [-0.39, 0.29) is 0 Å². The van der Waals surface area contributed by atoms with Crippen LogP contribution >= 0.6 is 15.9 Å². The van der Waals surface area contributed by atoms with Gasteiger partial charge in [-0.2, -0.15) is 0 Å². The molecule has 104 valence electrons. The number of benzene rings is 2. The number of hydrogen-bond donors (Lipinski definition) is 1. The molecule has 0 bridgehead atoms. The van der Waals surface area contributed by atoms with E-state index in [1.165, 1.54) is 0 Å². The lowest BCUT2D eigenvalue weighted by atomic mass is 10.1. The summed E-state index contributed by atoms with van der Waals surface area (Å²) >= 11 is 3.52. The van der Waals surface area contributed by atoms with Crippen molar-refractivity contribution in [1.82, 2.24) is 0 Å². The summed E-state index contributed by atoms with van der Waals surface area (Å²) in [5.41, 5.74) is 3.17. The van der Waals surface area contributed by atoms with Crippen LogP contribution in [-0.4, -0.2) is 18.1 Å². The molecule has 20 heavy (non-hydrogen) atoms. The SMILES string of the molecule is Cc1cccc(C(=O)O)c1N(C)Cc1ccccc1Br. The average Bonchev–Trinajstić information content (AvgIpc) is 2.40. The van der Waals surface area contributed by atoms with Gasteiger partial charge in [0.05, 0.1) is 11.3 Å². The van der Waals surface area contributed by atoms with Gasteiger partial charge in [0.15, 0.2) is 0 Å². The maximum Gasteiger partial charge on any atom is 0.337 e. The molecule has 0 aliphatic carbocycles.